The molecule has 0 aliphatic carbocycles. The summed E-state index contributed by atoms with van der Waals surface area (Å²) in [7, 11) is 2.81. The lowest BCUT2D eigenvalue weighted by Gasteiger charge is -2.15. The highest BCUT2D eigenvalue weighted by molar-refractivity contribution is 5.53. The molecule has 0 aromatic heterocycles. The van der Waals surface area contributed by atoms with Crippen LogP contribution in [0.5, 0.6) is 17.2 Å². The smallest absolute Gasteiger partial charge is 0.169 e. The molecule has 0 heterocycles. The number of ether oxygens (including phenoxy) is 4. The minimum Gasteiger partial charge on any atom is -0.493 e. The van der Waals surface area contributed by atoms with Gasteiger partial charge in [0.05, 0.1) is 25.0 Å². The molecule has 2 aromatic carbocycles. The molecule has 5 nitrogen and oxygen atoms in total. The van der Waals surface area contributed by atoms with Crippen LogP contribution in [0.15, 0.2) is 24.3 Å². The van der Waals surface area contributed by atoms with Crippen molar-refractivity contribution in [1.82, 2.24) is 0 Å². The standard InChI is InChI=1S/C17H18F3NO4/c1-22-5-6-24-14-4-3-11(18)17(20)10(14)9-25-16-8-13(21)12(19)7-15(16)23-2/h3-4,7-8H,5-6,9,21H2,1-2H3. The number of halogens is 3. The number of methoxy groups -OCH3 is 2. The van der Waals surface area contributed by atoms with E-state index < -0.39 is 17.5 Å². The number of anilines is 1. The number of rotatable bonds is 8. The van der Waals surface area contributed by atoms with Crippen LogP contribution in [-0.4, -0.2) is 27.4 Å². The summed E-state index contributed by atoms with van der Waals surface area (Å²) >= 11 is 0. The second-order valence-corrected chi connectivity index (χ2v) is 4.99. The Bertz CT molecular complexity index is 740. The summed E-state index contributed by atoms with van der Waals surface area (Å²) in [4.78, 5) is 0. The Morgan fingerprint density at radius 3 is 2.32 bits per heavy atom. The highest BCUT2D eigenvalue weighted by atomic mass is 19.2. The van der Waals surface area contributed by atoms with Gasteiger partial charge in [-0.15, -0.1) is 0 Å². The van der Waals surface area contributed by atoms with Crippen molar-refractivity contribution in [2.75, 3.05) is 33.2 Å². The molecule has 0 atom stereocenters. The van der Waals surface area contributed by atoms with Crippen molar-refractivity contribution in [2.24, 2.45) is 0 Å². The molecule has 2 rings (SSSR count). The molecule has 0 fully saturated rings. The molecule has 2 N–H and O–H groups in total. The van der Waals surface area contributed by atoms with Crippen LogP contribution in [0, 0.1) is 17.5 Å². The van der Waals surface area contributed by atoms with Gasteiger partial charge in [-0.25, -0.2) is 13.2 Å². The van der Waals surface area contributed by atoms with Crippen molar-refractivity contribution < 1.29 is 32.1 Å². The number of nitrogens with two attached hydrogens (primary N) is 1. The van der Waals surface area contributed by atoms with Crippen LogP contribution >= 0.6 is 0 Å². The van der Waals surface area contributed by atoms with E-state index in [2.05, 4.69) is 0 Å². The molecule has 0 aliphatic heterocycles. The minimum absolute atomic E-state index is 0.0744. The van der Waals surface area contributed by atoms with E-state index in [0.717, 1.165) is 12.1 Å². The summed E-state index contributed by atoms with van der Waals surface area (Å²) in [5, 5.41) is 0. The van der Waals surface area contributed by atoms with Gasteiger partial charge in [-0.3, -0.25) is 0 Å². The Hall–Kier alpha value is -2.61. The van der Waals surface area contributed by atoms with Gasteiger partial charge in [-0.05, 0) is 12.1 Å². The van der Waals surface area contributed by atoms with Gasteiger partial charge >= 0.3 is 0 Å². The molecule has 0 amide bonds. The third-order valence-electron chi connectivity index (χ3n) is 3.35. The maximum atomic E-state index is 14.1. The SMILES string of the molecule is COCCOc1ccc(F)c(F)c1COc1cc(N)c(F)cc1OC. The van der Waals surface area contributed by atoms with E-state index >= 15 is 0 Å². The summed E-state index contributed by atoms with van der Waals surface area (Å²) in [6.07, 6.45) is 0. The first-order valence-corrected chi connectivity index (χ1v) is 7.32. The van der Waals surface area contributed by atoms with Crippen LogP contribution in [0.3, 0.4) is 0 Å². The van der Waals surface area contributed by atoms with Crippen molar-refractivity contribution in [1.29, 1.82) is 0 Å². The van der Waals surface area contributed by atoms with E-state index in [1.54, 1.807) is 0 Å². The Labute approximate surface area is 143 Å². The zero-order valence-corrected chi connectivity index (χ0v) is 13.8. The van der Waals surface area contributed by atoms with Crippen LogP contribution in [-0.2, 0) is 11.3 Å². The molecule has 0 saturated heterocycles. The molecular formula is C17H18F3NO4. The maximum Gasteiger partial charge on any atom is 0.169 e. The largest absolute Gasteiger partial charge is 0.493 e. The predicted molar refractivity (Wildman–Crippen MR) is 85.4 cm³/mol. The Morgan fingerprint density at radius 2 is 1.64 bits per heavy atom. The van der Waals surface area contributed by atoms with Crippen molar-refractivity contribution in [3.63, 3.8) is 0 Å². The average molecular weight is 357 g/mol. The van der Waals surface area contributed by atoms with E-state index in [0.29, 0.717) is 0 Å². The highest BCUT2D eigenvalue weighted by Crippen LogP contribution is 2.33. The summed E-state index contributed by atoms with van der Waals surface area (Å²) in [6.45, 7) is 0.0658. The Morgan fingerprint density at radius 1 is 0.880 bits per heavy atom. The number of benzene rings is 2. The second kappa shape index (κ2) is 8.48. The highest BCUT2D eigenvalue weighted by Gasteiger charge is 2.17. The van der Waals surface area contributed by atoms with Gasteiger partial charge in [0.25, 0.3) is 0 Å². The van der Waals surface area contributed by atoms with Crippen molar-refractivity contribution in [2.45, 2.75) is 6.61 Å². The zero-order valence-electron chi connectivity index (χ0n) is 13.8. The van der Waals surface area contributed by atoms with E-state index in [-0.39, 0.29) is 48.3 Å². The van der Waals surface area contributed by atoms with Crippen LogP contribution < -0.4 is 19.9 Å². The maximum absolute atomic E-state index is 14.1. The normalized spacial score (nSPS) is 10.6. The quantitative estimate of drug-likeness (QED) is 0.580. The summed E-state index contributed by atoms with van der Waals surface area (Å²) in [5.41, 5.74) is 5.21. The lowest BCUT2D eigenvalue weighted by atomic mass is 10.2. The van der Waals surface area contributed by atoms with Gasteiger partial charge in [0.1, 0.15) is 24.8 Å². The molecule has 2 aromatic rings. The fraction of sp³-hybridized carbons (Fsp3) is 0.294. The Balaban J connectivity index is 2.25. The summed E-state index contributed by atoms with van der Waals surface area (Å²) in [5.74, 6) is -2.53. The van der Waals surface area contributed by atoms with Crippen molar-refractivity contribution in [3.8, 4) is 17.2 Å². The van der Waals surface area contributed by atoms with Gasteiger partial charge in [0.15, 0.2) is 23.1 Å². The number of hydrogen-bond acceptors (Lipinski definition) is 5. The van der Waals surface area contributed by atoms with Crippen LogP contribution in [0.2, 0.25) is 0 Å². The van der Waals surface area contributed by atoms with Crippen LogP contribution in [0.4, 0.5) is 18.9 Å². The fourth-order valence-electron chi connectivity index (χ4n) is 2.05. The number of nitrogen functional groups attached to an aromatic ring is 1. The van der Waals surface area contributed by atoms with Crippen molar-refractivity contribution >= 4 is 5.69 Å². The first-order valence-electron chi connectivity index (χ1n) is 7.32. The third-order valence-corrected chi connectivity index (χ3v) is 3.35. The molecule has 0 unspecified atom stereocenters. The second-order valence-electron chi connectivity index (χ2n) is 4.99. The van der Waals surface area contributed by atoms with Crippen molar-refractivity contribution in [3.05, 3.63) is 47.3 Å². The van der Waals surface area contributed by atoms with E-state index in [1.807, 2.05) is 0 Å². The molecule has 8 heteroatoms. The predicted octanol–water partition coefficient (Wildman–Crippen LogP) is 3.30. The summed E-state index contributed by atoms with van der Waals surface area (Å²) in [6, 6.07) is 4.50. The monoisotopic (exact) mass is 357 g/mol. The van der Waals surface area contributed by atoms with Gasteiger partial charge in [-0.2, -0.15) is 0 Å². The minimum atomic E-state index is -1.09. The Kier molecular flexibility index (Phi) is 6.35. The van der Waals surface area contributed by atoms with Crippen LogP contribution in [0.25, 0.3) is 0 Å². The van der Waals surface area contributed by atoms with E-state index in [4.69, 9.17) is 24.7 Å². The summed E-state index contributed by atoms with van der Waals surface area (Å²) < 4.78 is 61.8. The van der Waals surface area contributed by atoms with Gasteiger partial charge in [0.2, 0.25) is 0 Å². The van der Waals surface area contributed by atoms with E-state index in [1.165, 1.54) is 26.4 Å². The average Bonchev–Trinajstić information content (AvgIpc) is 2.60. The molecule has 0 bridgehead atoms. The number of hydrogen-bond donors (Lipinski definition) is 1. The fourth-order valence-corrected chi connectivity index (χ4v) is 2.05. The third kappa shape index (κ3) is 4.48. The van der Waals surface area contributed by atoms with Gasteiger partial charge < -0.3 is 24.7 Å². The molecule has 25 heavy (non-hydrogen) atoms. The van der Waals surface area contributed by atoms with Gasteiger partial charge in [-0.1, -0.05) is 0 Å². The first-order chi connectivity index (χ1) is 12.0. The lowest BCUT2D eigenvalue weighted by molar-refractivity contribution is 0.144. The molecule has 0 spiro atoms. The molecule has 136 valence electrons. The molecule has 0 radical (unpaired) electrons. The topological polar surface area (TPSA) is 62.9 Å². The molecule has 0 saturated carbocycles. The molecule has 0 aliphatic rings. The van der Waals surface area contributed by atoms with E-state index in [9.17, 15) is 13.2 Å². The zero-order chi connectivity index (χ0) is 18.4. The first kappa shape index (κ1) is 18.7. The molecular weight excluding hydrogens is 339 g/mol. The van der Waals surface area contributed by atoms with Gasteiger partial charge in [0, 0.05) is 19.2 Å². The lowest BCUT2D eigenvalue weighted by Crippen LogP contribution is -2.10. The van der Waals surface area contributed by atoms with Crippen LogP contribution in [0.1, 0.15) is 5.56 Å².